The molecule has 0 N–H and O–H groups in total. The summed E-state index contributed by atoms with van der Waals surface area (Å²) in [4.78, 5) is 2.90. The van der Waals surface area contributed by atoms with Crippen molar-refractivity contribution in [3.8, 4) is 5.75 Å². The fourth-order valence-corrected chi connectivity index (χ4v) is 8.41. The van der Waals surface area contributed by atoms with Crippen LogP contribution >= 0.6 is 0 Å². The summed E-state index contributed by atoms with van der Waals surface area (Å²) in [5, 5.41) is 6.20. The molecule has 3 aromatic rings. The van der Waals surface area contributed by atoms with Crippen LogP contribution < -0.4 is 14.8 Å². The highest BCUT2D eigenvalue weighted by Gasteiger charge is 2.52. The van der Waals surface area contributed by atoms with Gasteiger partial charge < -0.3 is 4.43 Å². The highest BCUT2D eigenvalue weighted by molar-refractivity contribution is 7.00. The van der Waals surface area contributed by atoms with Crippen LogP contribution in [0, 0.1) is 0 Å². The number of hydrogen-bond acceptors (Lipinski definition) is 2. The summed E-state index contributed by atoms with van der Waals surface area (Å²) in [7, 11) is -2.62. The third-order valence-electron chi connectivity index (χ3n) is 5.39. The van der Waals surface area contributed by atoms with Gasteiger partial charge in [0.1, 0.15) is 5.75 Å². The van der Waals surface area contributed by atoms with E-state index in [2.05, 4.69) is 104 Å². The van der Waals surface area contributed by atoms with Crippen molar-refractivity contribution >= 4 is 18.7 Å². The molecule has 30 heavy (non-hydrogen) atoms. The molecule has 0 aromatic heterocycles. The number of nitrogens with zero attached hydrogens (tertiary/aromatic N) is 3. The van der Waals surface area contributed by atoms with Gasteiger partial charge in [-0.1, -0.05) is 106 Å². The van der Waals surface area contributed by atoms with E-state index in [1.54, 1.807) is 0 Å². The summed E-state index contributed by atoms with van der Waals surface area (Å²) in [5.74, 6) is 0.865. The Morgan fingerprint density at radius 1 is 0.867 bits per heavy atom. The number of benzene rings is 3. The lowest BCUT2D eigenvalue weighted by molar-refractivity contribution is 0.508. The summed E-state index contributed by atoms with van der Waals surface area (Å²) < 4.78 is 7.00. The van der Waals surface area contributed by atoms with Gasteiger partial charge in [-0.05, 0) is 45.1 Å². The van der Waals surface area contributed by atoms with E-state index >= 15 is 0 Å². The minimum atomic E-state index is -2.62. The van der Waals surface area contributed by atoms with Crippen molar-refractivity contribution < 1.29 is 4.43 Å². The molecule has 0 unspecified atom stereocenters. The average molecular weight is 416 g/mol. The molecule has 0 bridgehead atoms. The summed E-state index contributed by atoms with van der Waals surface area (Å²) in [6.45, 7) is 8.74. The van der Waals surface area contributed by atoms with Crippen LogP contribution in [-0.4, -0.2) is 14.4 Å². The Bertz CT molecular complexity index is 953. The molecule has 1 atom stereocenters. The van der Waals surface area contributed by atoms with Gasteiger partial charge in [0.05, 0.1) is 0 Å². The Morgan fingerprint density at radius 2 is 1.37 bits per heavy atom. The predicted octanol–water partition coefficient (Wildman–Crippen LogP) is 5.87. The van der Waals surface area contributed by atoms with Gasteiger partial charge in [0.2, 0.25) is 0 Å². The van der Waals surface area contributed by atoms with Gasteiger partial charge in [0, 0.05) is 11.0 Å². The van der Waals surface area contributed by atoms with E-state index in [1.807, 2.05) is 19.1 Å². The maximum Gasteiger partial charge on any atom is 0.319 e. The van der Waals surface area contributed by atoms with Crippen molar-refractivity contribution in [3.63, 3.8) is 0 Å². The van der Waals surface area contributed by atoms with Gasteiger partial charge in [-0.25, -0.2) is 0 Å². The third kappa shape index (κ3) is 4.59. The first-order valence-electron chi connectivity index (χ1n) is 10.3. The summed E-state index contributed by atoms with van der Waals surface area (Å²) >= 11 is 0. The van der Waals surface area contributed by atoms with E-state index in [-0.39, 0.29) is 11.1 Å². The molecular formula is C25H29N3OSi. The molecular weight excluding hydrogens is 386 g/mol. The van der Waals surface area contributed by atoms with Crippen LogP contribution in [0.4, 0.5) is 0 Å². The largest absolute Gasteiger partial charge is 0.534 e. The monoisotopic (exact) mass is 415 g/mol. The second kappa shape index (κ2) is 9.20. The lowest BCUT2D eigenvalue weighted by Gasteiger charge is -2.43. The standard InChI is InChI=1S/C25H29N3OSi/c1-20(27-28-26)19-21-15-17-22(18-16-21)29-30(25(2,3)4,23-11-7-5-8-12-23)24-13-9-6-10-14-24/h5-18,20H,19H2,1-4H3/t20-/m1/s1. The van der Waals surface area contributed by atoms with Crippen molar-refractivity contribution in [1.82, 2.24) is 0 Å². The Balaban J connectivity index is 2.05. The summed E-state index contributed by atoms with van der Waals surface area (Å²) in [6, 6.07) is 29.4. The van der Waals surface area contributed by atoms with Crippen LogP contribution in [0.1, 0.15) is 33.3 Å². The highest BCUT2D eigenvalue weighted by atomic mass is 28.4. The second-order valence-corrected chi connectivity index (χ2v) is 12.9. The normalized spacial score (nSPS) is 12.7. The van der Waals surface area contributed by atoms with E-state index in [0.717, 1.165) is 11.3 Å². The van der Waals surface area contributed by atoms with Crippen molar-refractivity contribution in [1.29, 1.82) is 0 Å². The van der Waals surface area contributed by atoms with Crippen LogP contribution in [0.15, 0.2) is 90.0 Å². The van der Waals surface area contributed by atoms with Gasteiger partial charge in [-0.3, -0.25) is 0 Å². The zero-order valence-corrected chi connectivity index (χ0v) is 19.1. The van der Waals surface area contributed by atoms with E-state index in [0.29, 0.717) is 6.42 Å². The molecule has 0 fully saturated rings. The van der Waals surface area contributed by atoms with Gasteiger partial charge in [-0.15, -0.1) is 0 Å². The molecule has 0 saturated carbocycles. The maximum atomic E-state index is 8.62. The SMILES string of the molecule is C[C@H](Cc1ccc(O[Si](c2ccccc2)(c2ccccc2)C(C)(C)C)cc1)N=[N+]=[N-]. The molecule has 4 nitrogen and oxygen atoms in total. The molecule has 0 saturated heterocycles. The Kier molecular flexibility index (Phi) is 6.65. The fourth-order valence-electron chi connectivity index (χ4n) is 3.99. The molecule has 0 spiro atoms. The Morgan fingerprint density at radius 3 is 1.80 bits per heavy atom. The molecule has 3 rings (SSSR count). The van der Waals surface area contributed by atoms with Gasteiger partial charge in [-0.2, -0.15) is 0 Å². The molecule has 0 aliphatic heterocycles. The highest BCUT2D eigenvalue weighted by Crippen LogP contribution is 2.37. The van der Waals surface area contributed by atoms with Crippen LogP contribution in [0.2, 0.25) is 5.04 Å². The van der Waals surface area contributed by atoms with Crippen molar-refractivity contribution in [3.05, 3.63) is 101 Å². The number of hydrogen-bond donors (Lipinski definition) is 0. The van der Waals surface area contributed by atoms with E-state index in [4.69, 9.17) is 9.96 Å². The molecule has 3 aromatic carbocycles. The molecule has 0 aliphatic carbocycles. The van der Waals surface area contributed by atoms with Crippen molar-refractivity contribution in [2.24, 2.45) is 5.11 Å². The first kappa shape index (κ1) is 21.7. The second-order valence-electron chi connectivity index (χ2n) is 8.67. The van der Waals surface area contributed by atoms with Crippen LogP contribution in [0.25, 0.3) is 10.4 Å². The minimum Gasteiger partial charge on any atom is -0.534 e. The van der Waals surface area contributed by atoms with Gasteiger partial charge in [0.15, 0.2) is 0 Å². The first-order valence-corrected chi connectivity index (χ1v) is 12.2. The molecule has 5 heteroatoms. The van der Waals surface area contributed by atoms with Crippen LogP contribution in [0.5, 0.6) is 5.75 Å². The fraction of sp³-hybridized carbons (Fsp3) is 0.280. The zero-order valence-electron chi connectivity index (χ0n) is 18.1. The average Bonchev–Trinajstić information content (AvgIpc) is 2.74. The van der Waals surface area contributed by atoms with Crippen LogP contribution in [0.3, 0.4) is 0 Å². The lowest BCUT2D eigenvalue weighted by atomic mass is 10.1. The summed E-state index contributed by atoms with van der Waals surface area (Å²) in [6.07, 6.45) is 0.712. The quantitative estimate of drug-likeness (QED) is 0.206. The van der Waals surface area contributed by atoms with E-state index in [1.165, 1.54) is 10.4 Å². The minimum absolute atomic E-state index is 0.0709. The topological polar surface area (TPSA) is 58.0 Å². The van der Waals surface area contributed by atoms with Gasteiger partial charge >= 0.3 is 8.32 Å². The van der Waals surface area contributed by atoms with Crippen molar-refractivity contribution in [2.45, 2.75) is 45.2 Å². The number of azide groups is 1. The molecule has 0 radical (unpaired) electrons. The summed E-state index contributed by atoms with van der Waals surface area (Å²) in [5.41, 5.74) is 9.75. The first-order chi connectivity index (χ1) is 14.4. The predicted molar refractivity (Wildman–Crippen MR) is 127 cm³/mol. The van der Waals surface area contributed by atoms with E-state index < -0.39 is 8.32 Å². The zero-order chi connectivity index (χ0) is 21.6. The van der Waals surface area contributed by atoms with Crippen LogP contribution in [-0.2, 0) is 6.42 Å². The third-order valence-corrected chi connectivity index (χ3v) is 10.3. The molecule has 0 aliphatic rings. The van der Waals surface area contributed by atoms with Gasteiger partial charge in [0.25, 0.3) is 0 Å². The maximum absolute atomic E-state index is 8.62. The molecule has 154 valence electrons. The Hall–Kier alpha value is -3.01. The Labute approximate surface area is 180 Å². The van der Waals surface area contributed by atoms with E-state index in [9.17, 15) is 0 Å². The molecule has 0 amide bonds. The molecule has 0 heterocycles. The smallest absolute Gasteiger partial charge is 0.319 e. The number of rotatable bonds is 7. The van der Waals surface area contributed by atoms with Crippen molar-refractivity contribution in [2.75, 3.05) is 0 Å². The lowest BCUT2D eigenvalue weighted by Crippen LogP contribution is -2.68.